The third kappa shape index (κ3) is 9.53. The van der Waals surface area contributed by atoms with E-state index in [4.69, 9.17) is 17.3 Å². The molecule has 0 radical (unpaired) electrons. The molecule has 1 aliphatic rings. The fourth-order valence-electron chi connectivity index (χ4n) is 3.34. The number of aryl methyl sites for hydroxylation is 1. The molecule has 2 N–H and O–H groups in total. The molecular formula is C24H32N2O4S2. The van der Waals surface area contributed by atoms with Crippen LogP contribution in [0.3, 0.4) is 0 Å². The smallest absolute Gasteiger partial charge is 0.303 e. The van der Waals surface area contributed by atoms with E-state index in [-0.39, 0.29) is 24.8 Å². The standard InChI is InChI=1S/C24H32N2O4S2/c1-18-11-13-19(14-12-18)16-20-23(30)26(24(31)32-20)17-21(27)25-15-9-7-5-3-2-4-6-8-10-22(28)29/h11-14,16H,2-10,15,17H2,1H3,(H,25,27)(H,28,29)/b20-16-. The fraction of sp³-hybridized carbons (Fsp3) is 0.500. The maximum atomic E-state index is 12.6. The molecule has 1 aromatic carbocycles. The third-order valence-corrected chi connectivity index (χ3v) is 6.57. The molecular weight excluding hydrogens is 444 g/mol. The first-order chi connectivity index (χ1) is 15.4. The van der Waals surface area contributed by atoms with E-state index in [0.717, 1.165) is 62.5 Å². The number of carboxylic acid groups (broad SMARTS) is 1. The van der Waals surface area contributed by atoms with E-state index >= 15 is 0 Å². The van der Waals surface area contributed by atoms with Crippen molar-refractivity contribution in [3.8, 4) is 0 Å². The molecule has 1 fully saturated rings. The van der Waals surface area contributed by atoms with Crippen LogP contribution in [0.1, 0.15) is 68.9 Å². The van der Waals surface area contributed by atoms with Gasteiger partial charge >= 0.3 is 5.97 Å². The van der Waals surface area contributed by atoms with Gasteiger partial charge in [-0.05, 0) is 31.4 Å². The summed E-state index contributed by atoms with van der Waals surface area (Å²) >= 11 is 6.53. The zero-order chi connectivity index (χ0) is 23.3. The van der Waals surface area contributed by atoms with E-state index < -0.39 is 5.97 Å². The molecule has 2 rings (SSSR count). The summed E-state index contributed by atoms with van der Waals surface area (Å²) in [6.07, 6.45) is 10.2. The Bertz CT molecular complexity index is 837. The Balaban J connectivity index is 1.60. The number of rotatable bonds is 14. The van der Waals surface area contributed by atoms with Crippen molar-refractivity contribution in [2.45, 2.75) is 64.7 Å². The van der Waals surface area contributed by atoms with Crippen molar-refractivity contribution in [3.05, 3.63) is 40.3 Å². The topological polar surface area (TPSA) is 86.7 Å². The van der Waals surface area contributed by atoms with Gasteiger partial charge in [0.2, 0.25) is 5.91 Å². The van der Waals surface area contributed by atoms with Gasteiger partial charge in [-0.3, -0.25) is 19.3 Å². The molecule has 0 unspecified atom stereocenters. The van der Waals surface area contributed by atoms with E-state index in [9.17, 15) is 14.4 Å². The van der Waals surface area contributed by atoms with Crippen LogP contribution in [0, 0.1) is 6.92 Å². The van der Waals surface area contributed by atoms with Gasteiger partial charge in [-0.2, -0.15) is 0 Å². The number of thiocarbonyl (C=S) groups is 1. The Hall–Kier alpha value is -2.19. The highest BCUT2D eigenvalue weighted by molar-refractivity contribution is 8.26. The van der Waals surface area contributed by atoms with E-state index in [1.165, 1.54) is 16.7 Å². The van der Waals surface area contributed by atoms with Gasteiger partial charge in [-0.25, -0.2) is 0 Å². The van der Waals surface area contributed by atoms with Crippen LogP contribution in [0.25, 0.3) is 6.08 Å². The second kappa shape index (κ2) is 14.1. The lowest BCUT2D eigenvalue weighted by Gasteiger charge is -2.14. The van der Waals surface area contributed by atoms with Gasteiger partial charge in [0.1, 0.15) is 10.9 Å². The summed E-state index contributed by atoms with van der Waals surface area (Å²) in [6, 6.07) is 7.88. The van der Waals surface area contributed by atoms with Crippen molar-refractivity contribution in [1.82, 2.24) is 10.2 Å². The van der Waals surface area contributed by atoms with Crippen LogP contribution in [0.2, 0.25) is 0 Å². The van der Waals surface area contributed by atoms with E-state index in [2.05, 4.69) is 5.32 Å². The van der Waals surface area contributed by atoms with Crippen LogP contribution in [0.5, 0.6) is 0 Å². The minimum atomic E-state index is -0.721. The summed E-state index contributed by atoms with van der Waals surface area (Å²) in [5.41, 5.74) is 2.08. The molecule has 0 spiro atoms. The number of nitrogens with one attached hydrogen (secondary N) is 1. The van der Waals surface area contributed by atoms with E-state index in [1.54, 1.807) is 0 Å². The van der Waals surface area contributed by atoms with Crippen LogP contribution < -0.4 is 5.32 Å². The highest BCUT2D eigenvalue weighted by Gasteiger charge is 2.33. The monoisotopic (exact) mass is 476 g/mol. The fourth-order valence-corrected chi connectivity index (χ4v) is 4.59. The maximum Gasteiger partial charge on any atom is 0.303 e. The summed E-state index contributed by atoms with van der Waals surface area (Å²) in [4.78, 5) is 37.2. The predicted molar refractivity (Wildman–Crippen MR) is 133 cm³/mol. The predicted octanol–water partition coefficient (Wildman–Crippen LogP) is 4.91. The second-order valence-corrected chi connectivity index (χ2v) is 9.68. The number of nitrogens with zero attached hydrogens (tertiary/aromatic N) is 1. The van der Waals surface area contributed by atoms with Gasteiger partial charge in [0.15, 0.2) is 0 Å². The van der Waals surface area contributed by atoms with Gasteiger partial charge in [0.05, 0.1) is 4.91 Å². The highest BCUT2D eigenvalue weighted by Crippen LogP contribution is 2.32. The molecule has 1 heterocycles. The van der Waals surface area contributed by atoms with Crippen LogP contribution >= 0.6 is 24.0 Å². The number of hydrogen-bond acceptors (Lipinski definition) is 5. The minimum Gasteiger partial charge on any atom is -0.481 e. The summed E-state index contributed by atoms with van der Waals surface area (Å²) < 4.78 is 0.409. The first-order valence-electron chi connectivity index (χ1n) is 11.2. The number of hydrogen-bond donors (Lipinski definition) is 2. The van der Waals surface area contributed by atoms with Crippen LogP contribution in [0.4, 0.5) is 0 Å². The maximum absolute atomic E-state index is 12.6. The zero-order valence-electron chi connectivity index (χ0n) is 18.6. The molecule has 1 aromatic rings. The molecule has 0 aliphatic carbocycles. The molecule has 8 heteroatoms. The van der Waals surface area contributed by atoms with Crippen molar-refractivity contribution >= 4 is 52.2 Å². The normalized spacial score (nSPS) is 14.9. The lowest BCUT2D eigenvalue weighted by molar-refractivity contribution is -0.137. The largest absolute Gasteiger partial charge is 0.481 e. The number of benzene rings is 1. The van der Waals surface area contributed by atoms with Gasteiger partial charge in [0.25, 0.3) is 5.91 Å². The Morgan fingerprint density at radius 3 is 2.25 bits per heavy atom. The third-order valence-electron chi connectivity index (χ3n) is 5.19. The quantitative estimate of drug-likeness (QED) is 0.225. The molecule has 0 atom stereocenters. The molecule has 0 bridgehead atoms. The lowest BCUT2D eigenvalue weighted by atomic mass is 10.1. The van der Waals surface area contributed by atoms with Crippen LogP contribution in [0.15, 0.2) is 29.2 Å². The average Bonchev–Trinajstić information content (AvgIpc) is 3.00. The summed E-state index contributed by atoms with van der Waals surface area (Å²) in [7, 11) is 0. The van der Waals surface area contributed by atoms with Gasteiger partial charge in [0, 0.05) is 13.0 Å². The Kier molecular flexibility index (Phi) is 11.5. The number of unbranched alkanes of at least 4 members (excludes halogenated alkanes) is 7. The Morgan fingerprint density at radius 1 is 1.03 bits per heavy atom. The summed E-state index contributed by atoms with van der Waals surface area (Å²) in [6.45, 7) is 2.55. The number of aliphatic carboxylic acids is 1. The molecule has 0 aromatic heterocycles. The van der Waals surface area contributed by atoms with Crippen LogP contribution in [-0.4, -0.2) is 45.2 Å². The van der Waals surface area contributed by atoms with Crippen molar-refractivity contribution in [3.63, 3.8) is 0 Å². The first-order valence-corrected chi connectivity index (χ1v) is 12.4. The second-order valence-electron chi connectivity index (χ2n) is 8.00. The Morgan fingerprint density at radius 2 is 1.62 bits per heavy atom. The van der Waals surface area contributed by atoms with Gasteiger partial charge in [-0.1, -0.05) is 92.3 Å². The van der Waals surface area contributed by atoms with Gasteiger partial charge < -0.3 is 10.4 Å². The minimum absolute atomic E-state index is 0.0494. The van der Waals surface area contributed by atoms with Crippen molar-refractivity contribution in [1.29, 1.82) is 0 Å². The molecule has 32 heavy (non-hydrogen) atoms. The van der Waals surface area contributed by atoms with Crippen LogP contribution in [-0.2, 0) is 14.4 Å². The molecule has 174 valence electrons. The molecule has 6 nitrogen and oxygen atoms in total. The number of carbonyl (C=O) groups is 3. The zero-order valence-corrected chi connectivity index (χ0v) is 20.2. The van der Waals surface area contributed by atoms with E-state index in [0.29, 0.717) is 15.8 Å². The van der Waals surface area contributed by atoms with Crippen molar-refractivity contribution in [2.24, 2.45) is 0 Å². The summed E-state index contributed by atoms with van der Waals surface area (Å²) in [5, 5.41) is 11.5. The average molecular weight is 477 g/mol. The summed E-state index contributed by atoms with van der Waals surface area (Å²) in [5.74, 6) is -1.14. The lowest BCUT2D eigenvalue weighted by Crippen LogP contribution is -2.39. The molecule has 2 amide bonds. The molecule has 1 saturated heterocycles. The molecule has 1 aliphatic heterocycles. The number of carboxylic acids is 1. The highest BCUT2D eigenvalue weighted by atomic mass is 32.2. The Labute approximate surface area is 199 Å². The van der Waals surface area contributed by atoms with Crippen molar-refractivity contribution in [2.75, 3.05) is 13.1 Å². The number of thioether (sulfide) groups is 1. The number of amides is 2. The SMILES string of the molecule is Cc1ccc(/C=C2\SC(=S)N(CC(=O)NCCCCCCCCCCC(=O)O)C2=O)cc1. The first kappa shape index (κ1) is 26.1. The molecule has 0 saturated carbocycles. The number of carbonyl (C=O) groups excluding carboxylic acids is 2. The van der Waals surface area contributed by atoms with E-state index in [1.807, 2.05) is 37.3 Å². The van der Waals surface area contributed by atoms with Gasteiger partial charge in [-0.15, -0.1) is 0 Å². The van der Waals surface area contributed by atoms with Crippen molar-refractivity contribution < 1.29 is 19.5 Å².